The Kier molecular flexibility index (Phi) is 7.20. The summed E-state index contributed by atoms with van der Waals surface area (Å²) in [5, 5.41) is 3.84. The number of halogens is 2. The van der Waals surface area contributed by atoms with Crippen molar-refractivity contribution in [3.8, 4) is 0 Å². The number of rotatable bonds is 4. The van der Waals surface area contributed by atoms with Gasteiger partial charge in [-0.1, -0.05) is 59.7 Å². The zero-order chi connectivity index (χ0) is 32.0. The molecule has 4 amide bonds. The Balaban J connectivity index is 1.32. The van der Waals surface area contributed by atoms with Gasteiger partial charge in [0.1, 0.15) is 12.1 Å². The van der Waals surface area contributed by atoms with Gasteiger partial charge in [-0.15, -0.1) is 0 Å². The fraction of sp³-hybridized carbons (Fsp3) is 0.222. The summed E-state index contributed by atoms with van der Waals surface area (Å²) in [7, 11) is 0. The van der Waals surface area contributed by atoms with E-state index in [1.807, 2.05) is 96.7 Å². The normalized spacial score (nSPS) is 27.5. The molecular weight excluding hydrogens is 806 g/mol. The molecule has 4 saturated heterocycles. The van der Waals surface area contributed by atoms with E-state index < -0.39 is 36.0 Å². The van der Waals surface area contributed by atoms with Gasteiger partial charge >= 0.3 is 0 Å². The van der Waals surface area contributed by atoms with Crippen molar-refractivity contribution >= 4 is 80.2 Å². The number of benzene rings is 4. The van der Waals surface area contributed by atoms with Crippen LogP contribution in [0.15, 0.2) is 97.1 Å². The molecule has 6 atom stereocenters. The number of fused-ring (bicyclic) bond motifs is 5. The number of aryl methyl sites for hydroxylation is 2. The van der Waals surface area contributed by atoms with Crippen LogP contribution in [-0.2, 0) is 19.2 Å². The molecule has 230 valence electrons. The fourth-order valence-corrected chi connectivity index (χ4v) is 8.43. The molecule has 4 aromatic carbocycles. The first-order chi connectivity index (χ1) is 22.2. The molecule has 0 radical (unpaired) electrons. The lowest BCUT2D eigenvalue weighted by Gasteiger charge is -2.35. The average molecular weight is 834 g/mol. The summed E-state index contributed by atoms with van der Waals surface area (Å²) in [6, 6.07) is 27.4. The third-order valence-electron chi connectivity index (χ3n) is 9.73. The SMILES string of the molecule is Cc1ccc(C2C3C(=O)N(c4ccc(I)cc4)C(=O)C3N3C(c4ccc(C)cc4)C4C(=O)N(c5ccc(I)cc5)C(=O)C4N23)cc1. The third kappa shape index (κ3) is 4.36. The first-order valence-corrected chi connectivity index (χ1v) is 17.3. The highest BCUT2D eigenvalue weighted by atomic mass is 127. The lowest BCUT2D eigenvalue weighted by atomic mass is 9.84. The van der Waals surface area contributed by atoms with Gasteiger partial charge in [0.25, 0.3) is 11.8 Å². The standard InChI is InChI=1S/C36H28I2N4O4/c1-19-3-7-21(8-4-19)29-27-31(35(45)39(33(27)43)25-15-11-23(37)12-16-25)42-30(22-9-5-20(2)6-10-22)28-32(41(29)42)36(46)40(34(28)44)26-17-13-24(38)14-18-26/h3-18,27-32H,1-2H3. The van der Waals surface area contributed by atoms with Crippen LogP contribution in [0.2, 0.25) is 0 Å². The fourth-order valence-electron chi connectivity index (χ4n) is 7.71. The van der Waals surface area contributed by atoms with Crippen molar-refractivity contribution in [3.05, 3.63) is 126 Å². The molecule has 0 aliphatic carbocycles. The number of anilines is 2. The van der Waals surface area contributed by atoms with Gasteiger partial charge in [-0.05, 0) is 119 Å². The highest BCUT2D eigenvalue weighted by Gasteiger charge is 2.73. The number of imide groups is 2. The first kappa shape index (κ1) is 29.9. The van der Waals surface area contributed by atoms with Gasteiger partial charge in [-0.2, -0.15) is 0 Å². The molecule has 4 aliphatic rings. The number of carbonyl (C=O) groups is 4. The van der Waals surface area contributed by atoms with Gasteiger partial charge in [0, 0.05) is 7.14 Å². The Morgan fingerprint density at radius 1 is 0.435 bits per heavy atom. The van der Waals surface area contributed by atoms with Crippen LogP contribution in [0.25, 0.3) is 0 Å². The maximum atomic E-state index is 14.5. The molecule has 4 fully saturated rings. The molecule has 0 bridgehead atoms. The van der Waals surface area contributed by atoms with Crippen LogP contribution in [0.5, 0.6) is 0 Å². The van der Waals surface area contributed by atoms with Gasteiger partial charge in [0.05, 0.1) is 35.3 Å². The molecule has 8 nitrogen and oxygen atoms in total. The van der Waals surface area contributed by atoms with E-state index in [1.165, 1.54) is 9.80 Å². The summed E-state index contributed by atoms with van der Waals surface area (Å²) in [5.41, 5.74) is 4.79. The molecule has 46 heavy (non-hydrogen) atoms. The summed E-state index contributed by atoms with van der Waals surface area (Å²) in [6.45, 7) is 3.99. The van der Waals surface area contributed by atoms with Gasteiger partial charge in [0.2, 0.25) is 11.8 Å². The molecular formula is C36H28I2N4O4. The van der Waals surface area contributed by atoms with Crippen molar-refractivity contribution in [2.24, 2.45) is 11.8 Å². The molecule has 4 heterocycles. The zero-order valence-corrected chi connectivity index (χ0v) is 29.2. The van der Waals surface area contributed by atoms with Crippen LogP contribution in [0, 0.1) is 32.8 Å². The van der Waals surface area contributed by atoms with Crippen molar-refractivity contribution in [1.29, 1.82) is 0 Å². The Hall–Kier alpha value is -3.46. The molecule has 4 aromatic rings. The monoisotopic (exact) mass is 834 g/mol. The van der Waals surface area contributed by atoms with Crippen molar-refractivity contribution in [2.75, 3.05) is 9.80 Å². The number of carbonyl (C=O) groups excluding carboxylic acids is 4. The number of nitrogens with zero attached hydrogens (tertiary/aromatic N) is 4. The Bertz CT molecular complexity index is 1770. The van der Waals surface area contributed by atoms with Crippen molar-refractivity contribution in [2.45, 2.75) is 38.0 Å². The maximum absolute atomic E-state index is 14.5. The minimum absolute atomic E-state index is 0.304. The van der Waals surface area contributed by atoms with Crippen molar-refractivity contribution < 1.29 is 19.2 Å². The topological polar surface area (TPSA) is 81.2 Å². The predicted octanol–water partition coefficient (Wildman–Crippen LogP) is 5.96. The lowest BCUT2D eigenvalue weighted by molar-refractivity contribution is -0.136. The second-order valence-corrected chi connectivity index (χ2v) is 14.9. The second-order valence-electron chi connectivity index (χ2n) is 12.4. The minimum atomic E-state index is -0.887. The van der Waals surface area contributed by atoms with E-state index in [4.69, 9.17) is 0 Å². The maximum Gasteiger partial charge on any atom is 0.253 e. The molecule has 0 aromatic heterocycles. The molecule has 6 unspecified atom stereocenters. The van der Waals surface area contributed by atoms with E-state index >= 15 is 0 Å². The second kappa shape index (κ2) is 11.1. The average Bonchev–Trinajstić information content (AvgIpc) is 3.71. The van der Waals surface area contributed by atoms with E-state index in [0.717, 1.165) is 29.4 Å². The van der Waals surface area contributed by atoms with Gasteiger partial charge in [-0.3, -0.25) is 19.2 Å². The van der Waals surface area contributed by atoms with E-state index in [-0.39, 0.29) is 23.6 Å². The number of amides is 4. The number of hydrogen-bond acceptors (Lipinski definition) is 6. The molecule has 8 rings (SSSR count). The van der Waals surface area contributed by atoms with E-state index in [0.29, 0.717) is 11.4 Å². The first-order valence-electron chi connectivity index (χ1n) is 15.1. The van der Waals surface area contributed by atoms with E-state index in [9.17, 15) is 19.2 Å². The van der Waals surface area contributed by atoms with Gasteiger partial charge in [-0.25, -0.2) is 19.8 Å². The Morgan fingerprint density at radius 3 is 1.09 bits per heavy atom. The van der Waals surface area contributed by atoms with E-state index in [1.54, 1.807) is 24.3 Å². The third-order valence-corrected chi connectivity index (χ3v) is 11.2. The summed E-state index contributed by atoms with van der Waals surface area (Å²) in [6.07, 6.45) is 0. The Morgan fingerprint density at radius 2 is 0.761 bits per heavy atom. The smallest absolute Gasteiger partial charge is 0.253 e. The zero-order valence-electron chi connectivity index (χ0n) is 24.9. The molecule has 10 heteroatoms. The quantitative estimate of drug-likeness (QED) is 0.187. The van der Waals surface area contributed by atoms with Crippen molar-refractivity contribution in [3.63, 3.8) is 0 Å². The van der Waals surface area contributed by atoms with Crippen LogP contribution < -0.4 is 9.80 Å². The molecule has 0 N–H and O–H groups in total. The van der Waals surface area contributed by atoms with Crippen LogP contribution >= 0.6 is 45.2 Å². The Labute approximate surface area is 293 Å². The van der Waals surface area contributed by atoms with Crippen LogP contribution in [0.4, 0.5) is 11.4 Å². The summed E-state index contributed by atoms with van der Waals surface area (Å²) in [4.78, 5) is 60.7. The van der Waals surface area contributed by atoms with Gasteiger partial charge in [0.15, 0.2) is 0 Å². The summed E-state index contributed by atoms with van der Waals surface area (Å²) < 4.78 is 1.98. The van der Waals surface area contributed by atoms with Crippen LogP contribution in [0.3, 0.4) is 0 Å². The number of hydrazine groups is 1. The summed E-state index contributed by atoms with van der Waals surface area (Å²) in [5.74, 6) is -2.86. The molecule has 0 saturated carbocycles. The molecule has 0 spiro atoms. The molecule has 4 aliphatic heterocycles. The van der Waals surface area contributed by atoms with E-state index in [2.05, 4.69) is 45.2 Å². The minimum Gasteiger partial charge on any atom is -0.274 e. The largest absolute Gasteiger partial charge is 0.274 e. The van der Waals surface area contributed by atoms with Gasteiger partial charge < -0.3 is 0 Å². The van der Waals surface area contributed by atoms with Crippen molar-refractivity contribution in [1.82, 2.24) is 10.0 Å². The van der Waals surface area contributed by atoms with Crippen LogP contribution in [-0.4, -0.2) is 45.7 Å². The highest BCUT2D eigenvalue weighted by Crippen LogP contribution is 2.59. The number of hydrogen-bond donors (Lipinski definition) is 0. The lowest BCUT2D eigenvalue weighted by Crippen LogP contribution is -2.50. The summed E-state index contributed by atoms with van der Waals surface area (Å²) >= 11 is 4.39. The predicted molar refractivity (Wildman–Crippen MR) is 189 cm³/mol. The van der Waals surface area contributed by atoms with Crippen LogP contribution in [0.1, 0.15) is 34.3 Å². The highest BCUT2D eigenvalue weighted by molar-refractivity contribution is 14.1.